The zero-order valence-electron chi connectivity index (χ0n) is 14.6. The lowest BCUT2D eigenvalue weighted by atomic mass is 10.1. The van der Waals surface area contributed by atoms with E-state index in [9.17, 15) is 4.79 Å². The molecule has 1 unspecified atom stereocenters. The molecule has 0 saturated carbocycles. The van der Waals surface area contributed by atoms with Gasteiger partial charge < -0.3 is 10.5 Å². The number of aromatic nitrogens is 2. The maximum Gasteiger partial charge on any atom is 0.234 e. The monoisotopic (exact) mass is 371 g/mol. The molecular weight excluding hydrogens is 350 g/mol. The molecule has 2 N–H and O–H groups in total. The lowest BCUT2D eigenvalue weighted by molar-refractivity contribution is -0.122. The zero-order chi connectivity index (χ0) is 18.1. The Labute approximate surface area is 156 Å². The third-order valence-corrected chi connectivity index (χ3v) is 5.81. The standard InChI is InChI=1S/C18H21N5O2S/c1-25-11-23-14-9-12(10-22-8-2-3-13(22)16(19)24)4-5-15(14)26-18-17(23)20-6-7-21-18/h4-7,9,13H,2-3,8,10-11H2,1H3,(H2,19,24). The molecule has 0 bridgehead atoms. The molecule has 3 heterocycles. The number of benzene rings is 1. The highest BCUT2D eigenvalue weighted by molar-refractivity contribution is 7.99. The van der Waals surface area contributed by atoms with Gasteiger partial charge in [0.2, 0.25) is 5.91 Å². The first kappa shape index (κ1) is 17.3. The number of carbonyl (C=O) groups excluding carboxylic acids is 1. The van der Waals surface area contributed by atoms with Gasteiger partial charge in [0.15, 0.2) is 5.82 Å². The Bertz CT molecular complexity index is 831. The largest absolute Gasteiger partial charge is 0.368 e. The Kier molecular flexibility index (Phi) is 4.80. The van der Waals surface area contributed by atoms with Gasteiger partial charge in [0.25, 0.3) is 0 Å². The molecule has 2 aromatic rings. The summed E-state index contributed by atoms with van der Waals surface area (Å²) < 4.78 is 5.39. The van der Waals surface area contributed by atoms with Gasteiger partial charge in [-0.05, 0) is 37.1 Å². The predicted octanol–water partition coefficient (Wildman–Crippen LogP) is 2.13. The van der Waals surface area contributed by atoms with E-state index in [0.717, 1.165) is 46.4 Å². The summed E-state index contributed by atoms with van der Waals surface area (Å²) in [6, 6.07) is 6.19. The Hall–Kier alpha value is -2.16. The fourth-order valence-electron chi connectivity index (χ4n) is 3.58. The molecule has 1 aromatic carbocycles. The van der Waals surface area contributed by atoms with E-state index in [0.29, 0.717) is 13.3 Å². The van der Waals surface area contributed by atoms with Crippen molar-refractivity contribution < 1.29 is 9.53 Å². The van der Waals surface area contributed by atoms with Crippen LogP contribution in [0.1, 0.15) is 18.4 Å². The van der Waals surface area contributed by atoms with Gasteiger partial charge in [-0.25, -0.2) is 9.97 Å². The highest BCUT2D eigenvalue weighted by atomic mass is 32.2. The van der Waals surface area contributed by atoms with E-state index in [2.05, 4.69) is 33.1 Å². The van der Waals surface area contributed by atoms with Gasteiger partial charge in [-0.3, -0.25) is 14.6 Å². The van der Waals surface area contributed by atoms with Crippen molar-refractivity contribution in [1.29, 1.82) is 0 Å². The number of fused-ring (bicyclic) bond motifs is 2. The number of methoxy groups -OCH3 is 1. The normalized spacial score (nSPS) is 19.3. The summed E-state index contributed by atoms with van der Waals surface area (Å²) in [7, 11) is 1.67. The zero-order valence-corrected chi connectivity index (χ0v) is 15.4. The van der Waals surface area contributed by atoms with E-state index >= 15 is 0 Å². The van der Waals surface area contributed by atoms with Crippen molar-refractivity contribution >= 4 is 29.2 Å². The number of hydrogen-bond donors (Lipinski definition) is 1. The number of amides is 1. The number of nitrogens with two attached hydrogens (primary N) is 1. The first-order valence-corrected chi connectivity index (χ1v) is 9.40. The quantitative estimate of drug-likeness (QED) is 0.862. The topological polar surface area (TPSA) is 84.6 Å². The van der Waals surface area contributed by atoms with Crippen LogP contribution < -0.4 is 10.6 Å². The summed E-state index contributed by atoms with van der Waals surface area (Å²) in [6.07, 6.45) is 5.24. The number of primary amides is 1. The van der Waals surface area contributed by atoms with Crippen molar-refractivity contribution in [3.05, 3.63) is 36.2 Å². The second kappa shape index (κ2) is 7.22. The molecule has 4 rings (SSSR count). The van der Waals surface area contributed by atoms with Gasteiger partial charge in [0, 0.05) is 30.9 Å². The molecule has 26 heavy (non-hydrogen) atoms. The molecule has 136 valence electrons. The number of rotatable bonds is 5. The molecule has 2 aliphatic heterocycles. The van der Waals surface area contributed by atoms with E-state index in [-0.39, 0.29) is 11.9 Å². The molecule has 8 heteroatoms. The molecule has 7 nitrogen and oxygen atoms in total. The molecule has 1 amide bonds. The molecule has 1 saturated heterocycles. The van der Waals surface area contributed by atoms with E-state index in [4.69, 9.17) is 10.5 Å². The number of anilines is 2. The maximum absolute atomic E-state index is 11.6. The lowest BCUT2D eigenvalue weighted by Crippen LogP contribution is -2.39. The fourth-order valence-corrected chi connectivity index (χ4v) is 4.57. The van der Waals surface area contributed by atoms with Crippen molar-refractivity contribution in [3.8, 4) is 0 Å². The second-order valence-corrected chi connectivity index (χ2v) is 7.50. The SMILES string of the molecule is COCN1c2cc(CN3CCCC3C(N)=O)ccc2Sc2nccnc21. The summed E-state index contributed by atoms with van der Waals surface area (Å²) in [5.74, 6) is 0.571. The van der Waals surface area contributed by atoms with Crippen LogP contribution in [0.2, 0.25) is 0 Å². The van der Waals surface area contributed by atoms with Crippen molar-refractivity contribution in [2.24, 2.45) is 5.73 Å². The van der Waals surface area contributed by atoms with E-state index in [1.54, 1.807) is 31.3 Å². The predicted molar refractivity (Wildman–Crippen MR) is 99.2 cm³/mol. The average molecular weight is 371 g/mol. The highest BCUT2D eigenvalue weighted by Crippen LogP contribution is 2.46. The third-order valence-electron chi connectivity index (χ3n) is 4.76. The van der Waals surface area contributed by atoms with Gasteiger partial charge in [0.05, 0.1) is 11.7 Å². The first-order chi connectivity index (χ1) is 12.7. The number of hydrogen-bond acceptors (Lipinski definition) is 7. The molecule has 1 atom stereocenters. The van der Waals surface area contributed by atoms with Crippen molar-refractivity contribution in [3.63, 3.8) is 0 Å². The number of nitrogens with zero attached hydrogens (tertiary/aromatic N) is 4. The van der Waals surface area contributed by atoms with Crippen LogP contribution in [0.5, 0.6) is 0 Å². The van der Waals surface area contributed by atoms with Crippen LogP contribution in [-0.2, 0) is 16.1 Å². The van der Waals surface area contributed by atoms with Crippen LogP contribution in [-0.4, -0.2) is 47.2 Å². The van der Waals surface area contributed by atoms with Crippen molar-refractivity contribution in [2.75, 3.05) is 25.3 Å². The fraction of sp³-hybridized carbons (Fsp3) is 0.389. The number of carbonyl (C=O) groups is 1. The minimum atomic E-state index is -0.235. The van der Waals surface area contributed by atoms with Gasteiger partial charge in [-0.2, -0.15) is 0 Å². The first-order valence-electron chi connectivity index (χ1n) is 8.59. The van der Waals surface area contributed by atoms with Crippen LogP contribution in [0, 0.1) is 0 Å². The van der Waals surface area contributed by atoms with E-state index < -0.39 is 0 Å². The van der Waals surface area contributed by atoms with Gasteiger partial charge in [-0.1, -0.05) is 17.8 Å². The van der Waals surface area contributed by atoms with Crippen molar-refractivity contribution in [2.45, 2.75) is 35.3 Å². The third kappa shape index (κ3) is 3.15. The van der Waals surface area contributed by atoms with Gasteiger partial charge >= 0.3 is 0 Å². The Morgan fingerprint density at radius 1 is 1.38 bits per heavy atom. The van der Waals surface area contributed by atoms with Crippen LogP contribution in [0.15, 0.2) is 40.5 Å². The number of ether oxygens (including phenoxy) is 1. The summed E-state index contributed by atoms with van der Waals surface area (Å²) in [5.41, 5.74) is 7.74. The number of likely N-dealkylation sites (tertiary alicyclic amines) is 1. The van der Waals surface area contributed by atoms with Crippen LogP contribution in [0.25, 0.3) is 0 Å². The van der Waals surface area contributed by atoms with E-state index in [1.807, 2.05) is 4.90 Å². The molecule has 0 spiro atoms. The summed E-state index contributed by atoms with van der Waals surface area (Å²) in [6.45, 7) is 2.01. The highest BCUT2D eigenvalue weighted by Gasteiger charge is 2.30. The minimum absolute atomic E-state index is 0.165. The molecule has 0 aliphatic carbocycles. The van der Waals surface area contributed by atoms with Crippen LogP contribution in [0.4, 0.5) is 11.5 Å². The van der Waals surface area contributed by atoms with Gasteiger partial charge in [0.1, 0.15) is 11.8 Å². The molecule has 2 aliphatic rings. The molecular formula is C18H21N5O2S. The van der Waals surface area contributed by atoms with Gasteiger partial charge in [-0.15, -0.1) is 0 Å². The Morgan fingerprint density at radius 2 is 2.23 bits per heavy atom. The van der Waals surface area contributed by atoms with Crippen LogP contribution in [0.3, 0.4) is 0 Å². The summed E-state index contributed by atoms with van der Waals surface area (Å²) >= 11 is 1.61. The summed E-state index contributed by atoms with van der Waals surface area (Å²) in [5, 5.41) is 0.873. The summed E-state index contributed by atoms with van der Waals surface area (Å²) in [4.78, 5) is 25.9. The molecule has 0 radical (unpaired) electrons. The van der Waals surface area contributed by atoms with E-state index in [1.165, 1.54) is 0 Å². The lowest BCUT2D eigenvalue weighted by Gasteiger charge is -2.31. The molecule has 1 fully saturated rings. The Morgan fingerprint density at radius 3 is 3.04 bits per heavy atom. The smallest absolute Gasteiger partial charge is 0.234 e. The Balaban J connectivity index is 1.64. The molecule has 1 aromatic heterocycles. The second-order valence-electron chi connectivity index (χ2n) is 6.47. The maximum atomic E-state index is 11.6. The van der Waals surface area contributed by atoms with Crippen molar-refractivity contribution in [1.82, 2.24) is 14.9 Å². The van der Waals surface area contributed by atoms with Crippen LogP contribution >= 0.6 is 11.8 Å². The minimum Gasteiger partial charge on any atom is -0.368 e. The average Bonchev–Trinajstić information content (AvgIpc) is 3.10.